The van der Waals surface area contributed by atoms with E-state index in [0.717, 1.165) is 29.8 Å². The molecule has 2 aromatic rings. The highest BCUT2D eigenvalue weighted by Gasteiger charge is 2.34. The average Bonchev–Trinajstić information content (AvgIpc) is 3.32. The number of allylic oxidation sites excluding steroid dienone is 3. The van der Waals surface area contributed by atoms with Crippen LogP contribution in [0.4, 0.5) is 0 Å². The third-order valence-corrected chi connectivity index (χ3v) is 5.77. The molecule has 0 N–H and O–H groups in total. The fourth-order valence-electron chi connectivity index (χ4n) is 4.27. The first-order valence-electron chi connectivity index (χ1n) is 10.7. The maximum absolute atomic E-state index is 14.0. The Morgan fingerprint density at radius 3 is 2.00 bits per heavy atom. The summed E-state index contributed by atoms with van der Waals surface area (Å²) in [6.45, 7) is 7.85. The quantitative estimate of drug-likeness (QED) is 0.555. The van der Waals surface area contributed by atoms with Crippen LogP contribution in [0.25, 0.3) is 0 Å². The molecular formula is C27H32N2O. The zero-order chi connectivity index (χ0) is 21.3. The van der Waals surface area contributed by atoms with Gasteiger partial charge < -0.3 is 4.90 Å². The Balaban J connectivity index is 2.00. The van der Waals surface area contributed by atoms with Crippen molar-refractivity contribution in [2.75, 3.05) is 20.1 Å². The largest absolute Gasteiger partial charge is 0.325 e. The van der Waals surface area contributed by atoms with Gasteiger partial charge in [-0.15, -0.1) is 0 Å². The summed E-state index contributed by atoms with van der Waals surface area (Å²) in [5.41, 5.74) is 3.15. The van der Waals surface area contributed by atoms with Crippen LogP contribution >= 0.6 is 0 Å². The fraction of sp³-hybridized carbons (Fsp3) is 0.296. The van der Waals surface area contributed by atoms with Crippen LogP contribution in [0.2, 0.25) is 0 Å². The van der Waals surface area contributed by atoms with E-state index in [-0.39, 0.29) is 18.0 Å². The minimum Gasteiger partial charge on any atom is -0.325 e. The number of likely N-dealkylation sites (tertiary alicyclic amines) is 1. The third-order valence-electron chi connectivity index (χ3n) is 5.77. The van der Waals surface area contributed by atoms with Gasteiger partial charge in [0.05, 0.1) is 5.92 Å². The van der Waals surface area contributed by atoms with Gasteiger partial charge in [-0.25, -0.2) is 0 Å². The Labute approximate surface area is 181 Å². The molecule has 0 spiro atoms. The van der Waals surface area contributed by atoms with Crippen LogP contribution in [0.3, 0.4) is 0 Å². The van der Waals surface area contributed by atoms with Gasteiger partial charge in [0.2, 0.25) is 5.91 Å². The zero-order valence-electron chi connectivity index (χ0n) is 18.1. The van der Waals surface area contributed by atoms with Gasteiger partial charge in [-0.1, -0.05) is 91.5 Å². The third kappa shape index (κ3) is 4.98. The molecule has 0 aliphatic carbocycles. The standard InChI is InChI=1S/C27H32N2O/c1-4-6-15-22(5-2)26(29-20-13-14-21-29)28(3)27(30)25(23-16-9-7-10-17-23)24-18-11-8-12-19-24/h4-12,15-19,25-26H,1,13-14,20-21H2,2-3H3/b15-6-,22-5+. The van der Waals surface area contributed by atoms with Crippen LogP contribution in [-0.2, 0) is 4.79 Å². The van der Waals surface area contributed by atoms with Gasteiger partial charge in [0.25, 0.3) is 0 Å². The Bertz CT molecular complexity index is 840. The molecule has 0 aromatic heterocycles. The summed E-state index contributed by atoms with van der Waals surface area (Å²) in [6, 6.07) is 20.2. The van der Waals surface area contributed by atoms with E-state index in [1.807, 2.05) is 85.6 Å². The highest BCUT2D eigenvalue weighted by Crippen LogP contribution is 2.30. The minimum atomic E-state index is -0.330. The maximum Gasteiger partial charge on any atom is 0.235 e. The van der Waals surface area contributed by atoms with E-state index >= 15 is 0 Å². The fourth-order valence-corrected chi connectivity index (χ4v) is 4.27. The van der Waals surface area contributed by atoms with E-state index in [2.05, 4.69) is 23.6 Å². The van der Waals surface area contributed by atoms with E-state index in [4.69, 9.17) is 0 Å². The van der Waals surface area contributed by atoms with Gasteiger partial charge in [-0.3, -0.25) is 9.69 Å². The molecule has 0 saturated carbocycles. The number of rotatable bonds is 8. The Hall–Kier alpha value is -2.91. The molecule has 0 bridgehead atoms. The van der Waals surface area contributed by atoms with Crippen LogP contribution in [0.1, 0.15) is 36.8 Å². The number of benzene rings is 2. The van der Waals surface area contributed by atoms with Crippen LogP contribution in [0, 0.1) is 0 Å². The van der Waals surface area contributed by atoms with Crippen LogP contribution < -0.4 is 0 Å². The highest BCUT2D eigenvalue weighted by molar-refractivity contribution is 5.87. The summed E-state index contributed by atoms with van der Waals surface area (Å²) in [4.78, 5) is 18.3. The van der Waals surface area contributed by atoms with Crippen LogP contribution in [0.5, 0.6) is 0 Å². The van der Waals surface area contributed by atoms with Crippen LogP contribution in [0.15, 0.2) is 97.1 Å². The predicted octanol–water partition coefficient (Wildman–Crippen LogP) is 5.39. The number of nitrogens with zero attached hydrogens (tertiary/aromatic N) is 2. The SMILES string of the molecule is C=C/C=C\C(=C/C)C(N1CCCC1)N(C)C(=O)C(c1ccccc1)c1ccccc1. The van der Waals surface area contributed by atoms with Gasteiger partial charge in [0.1, 0.15) is 6.17 Å². The average molecular weight is 401 g/mol. The monoisotopic (exact) mass is 400 g/mol. The number of amides is 1. The van der Waals surface area contributed by atoms with E-state index in [9.17, 15) is 4.79 Å². The molecule has 1 aliphatic heterocycles. The van der Waals surface area contributed by atoms with Crippen molar-refractivity contribution in [3.63, 3.8) is 0 Å². The molecule has 30 heavy (non-hydrogen) atoms. The summed E-state index contributed by atoms with van der Waals surface area (Å²) >= 11 is 0. The van der Waals surface area contributed by atoms with Gasteiger partial charge >= 0.3 is 0 Å². The van der Waals surface area contributed by atoms with Crippen LogP contribution in [-0.4, -0.2) is 42.0 Å². The van der Waals surface area contributed by atoms with E-state index in [0.29, 0.717) is 0 Å². The molecule has 1 unspecified atom stereocenters. The first-order chi connectivity index (χ1) is 14.7. The molecule has 3 rings (SSSR count). The summed E-state index contributed by atoms with van der Waals surface area (Å²) in [7, 11) is 1.94. The first kappa shape index (κ1) is 21.8. The topological polar surface area (TPSA) is 23.6 Å². The predicted molar refractivity (Wildman–Crippen MR) is 125 cm³/mol. The molecule has 1 aliphatic rings. The Kier molecular flexibility index (Phi) is 7.81. The van der Waals surface area contributed by atoms with Crippen molar-refractivity contribution in [1.82, 2.24) is 9.80 Å². The molecule has 1 heterocycles. The lowest BCUT2D eigenvalue weighted by molar-refractivity contribution is -0.134. The molecule has 2 aromatic carbocycles. The van der Waals surface area contributed by atoms with E-state index < -0.39 is 0 Å². The van der Waals surface area contributed by atoms with Crippen molar-refractivity contribution in [2.45, 2.75) is 31.8 Å². The first-order valence-corrected chi connectivity index (χ1v) is 10.7. The van der Waals surface area contributed by atoms with Gasteiger partial charge in [0, 0.05) is 20.1 Å². The smallest absolute Gasteiger partial charge is 0.235 e. The van der Waals surface area contributed by atoms with E-state index in [1.54, 1.807) is 6.08 Å². The van der Waals surface area contributed by atoms with Crippen molar-refractivity contribution >= 4 is 5.91 Å². The van der Waals surface area contributed by atoms with Crippen molar-refractivity contribution in [2.24, 2.45) is 0 Å². The molecule has 3 heteroatoms. The molecule has 0 radical (unpaired) electrons. The lowest BCUT2D eigenvalue weighted by Crippen LogP contribution is -2.50. The highest BCUT2D eigenvalue weighted by atomic mass is 16.2. The maximum atomic E-state index is 14.0. The molecule has 1 atom stereocenters. The second kappa shape index (κ2) is 10.7. The van der Waals surface area contributed by atoms with E-state index in [1.165, 1.54) is 12.8 Å². The Morgan fingerprint density at radius 1 is 1.00 bits per heavy atom. The molecule has 3 nitrogen and oxygen atoms in total. The van der Waals surface area contributed by atoms with Gasteiger partial charge in [-0.05, 0) is 36.5 Å². The van der Waals surface area contributed by atoms with Crippen molar-refractivity contribution in [3.05, 3.63) is 108 Å². The minimum absolute atomic E-state index is 0.0869. The number of likely N-dealkylation sites (N-methyl/N-ethyl adjacent to an activating group) is 1. The summed E-state index contributed by atoms with van der Waals surface area (Å²) in [6.07, 6.45) is 10.2. The van der Waals surface area contributed by atoms with Crippen molar-refractivity contribution in [1.29, 1.82) is 0 Å². The lowest BCUT2D eigenvalue weighted by atomic mass is 9.89. The molecular weight excluding hydrogens is 368 g/mol. The second-order valence-electron chi connectivity index (χ2n) is 7.70. The number of hydrogen-bond donors (Lipinski definition) is 0. The summed E-state index contributed by atoms with van der Waals surface area (Å²) < 4.78 is 0. The van der Waals surface area contributed by atoms with Crippen molar-refractivity contribution in [3.8, 4) is 0 Å². The molecule has 1 saturated heterocycles. The second-order valence-corrected chi connectivity index (χ2v) is 7.70. The Morgan fingerprint density at radius 2 is 1.53 bits per heavy atom. The number of carbonyl (C=O) groups is 1. The zero-order valence-corrected chi connectivity index (χ0v) is 18.1. The van der Waals surface area contributed by atoms with Gasteiger partial charge in [0.15, 0.2) is 0 Å². The molecule has 156 valence electrons. The molecule has 1 amide bonds. The number of hydrogen-bond acceptors (Lipinski definition) is 2. The lowest BCUT2D eigenvalue weighted by Gasteiger charge is -2.38. The normalized spacial score (nSPS) is 16.2. The van der Waals surface area contributed by atoms with Gasteiger partial charge in [-0.2, -0.15) is 0 Å². The number of carbonyl (C=O) groups excluding carboxylic acids is 1. The summed E-state index contributed by atoms with van der Waals surface area (Å²) in [5.74, 6) is -0.223. The molecule has 1 fully saturated rings. The van der Waals surface area contributed by atoms with Crippen molar-refractivity contribution < 1.29 is 4.79 Å². The summed E-state index contributed by atoms with van der Waals surface area (Å²) in [5, 5.41) is 0.